The van der Waals surface area contributed by atoms with Gasteiger partial charge in [0.2, 0.25) is 5.76 Å². The summed E-state index contributed by atoms with van der Waals surface area (Å²) in [6.07, 6.45) is 5.20. The summed E-state index contributed by atoms with van der Waals surface area (Å²) in [4.78, 5) is 24.5. The van der Waals surface area contributed by atoms with Crippen molar-refractivity contribution in [1.82, 2.24) is 5.32 Å². The Balaban J connectivity index is 1.56. The normalized spacial score (nSPS) is 19.5. The number of nitrogens with one attached hydrogen (secondary N) is 1. The maximum Gasteiger partial charge on any atom is 0.375 e. The highest BCUT2D eigenvalue weighted by Gasteiger charge is 2.25. The molecule has 0 radical (unpaired) electrons. The molecule has 1 saturated carbocycles. The Labute approximate surface area is 170 Å². The molecule has 1 fully saturated rings. The fraction of sp³-hybridized carbons (Fsp3) is 0.429. The lowest BCUT2D eigenvalue weighted by Gasteiger charge is -2.26. The molecule has 0 atom stereocenters. The summed E-state index contributed by atoms with van der Waals surface area (Å²) < 4.78 is 35.2. The number of sulfone groups is 1. The number of carbonyl (C=O) groups excluding carboxylic acids is 2. The van der Waals surface area contributed by atoms with Gasteiger partial charge in [0.15, 0.2) is 16.4 Å². The van der Waals surface area contributed by atoms with Crippen LogP contribution < -0.4 is 5.32 Å². The van der Waals surface area contributed by atoms with E-state index in [1.807, 2.05) is 0 Å². The fourth-order valence-electron chi connectivity index (χ4n) is 3.41. The second-order valence-corrected chi connectivity index (χ2v) is 9.44. The van der Waals surface area contributed by atoms with Crippen LogP contribution in [0.15, 0.2) is 52.0 Å². The summed E-state index contributed by atoms with van der Waals surface area (Å²) in [7, 11) is -3.64. The number of furan rings is 1. The minimum atomic E-state index is -3.64. The highest BCUT2D eigenvalue weighted by molar-refractivity contribution is 7.90. The fourth-order valence-corrected chi connectivity index (χ4v) is 4.79. The van der Waals surface area contributed by atoms with Gasteiger partial charge in [-0.3, -0.25) is 4.79 Å². The van der Waals surface area contributed by atoms with Crippen LogP contribution in [0.25, 0.3) is 0 Å². The molecule has 1 aliphatic rings. The van der Waals surface area contributed by atoms with Gasteiger partial charge in [0.05, 0.1) is 16.9 Å². The quantitative estimate of drug-likeness (QED) is 0.692. The highest BCUT2D eigenvalue weighted by Crippen LogP contribution is 2.23. The van der Waals surface area contributed by atoms with Crippen molar-refractivity contribution in [2.24, 2.45) is 5.92 Å². The van der Waals surface area contributed by atoms with E-state index in [4.69, 9.17) is 9.15 Å². The van der Waals surface area contributed by atoms with E-state index < -0.39 is 28.2 Å². The molecule has 1 aliphatic carbocycles. The third-order valence-electron chi connectivity index (χ3n) is 5.10. The van der Waals surface area contributed by atoms with Crippen molar-refractivity contribution >= 4 is 21.7 Å². The van der Waals surface area contributed by atoms with Crippen molar-refractivity contribution in [3.8, 4) is 0 Å². The van der Waals surface area contributed by atoms with Gasteiger partial charge in [0.1, 0.15) is 0 Å². The molecule has 3 rings (SSSR count). The zero-order chi connectivity index (χ0) is 20.9. The Bertz CT molecular complexity index is 943. The highest BCUT2D eigenvalue weighted by atomic mass is 32.2. The topological polar surface area (TPSA) is 103 Å². The molecule has 0 saturated heterocycles. The third kappa shape index (κ3) is 5.69. The van der Waals surface area contributed by atoms with Gasteiger partial charge in [-0.15, -0.1) is 0 Å². The van der Waals surface area contributed by atoms with E-state index >= 15 is 0 Å². The van der Waals surface area contributed by atoms with Gasteiger partial charge in [-0.05, 0) is 49.8 Å². The molecule has 1 heterocycles. The SMILES string of the molecule is CC1CCC(NC(=O)COC(=O)c2occc2CS(=O)(=O)c2ccccc2)CC1. The molecule has 8 heteroatoms. The number of esters is 1. The van der Waals surface area contributed by atoms with Crippen LogP contribution in [0.5, 0.6) is 0 Å². The Hall–Kier alpha value is -2.61. The lowest BCUT2D eigenvalue weighted by Crippen LogP contribution is -2.39. The van der Waals surface area contributed by atoms with E-state index in [0.717, 1.165) is 25.7 Å². The number of hydrogen-bond donors (Lipinski definition) is 1. The smallest absolute Gasteiger partial charge is 0.375 e. The molecule has 29 heavy (non-hydrogen) atoms. The Morgan fingerprint density at radius 2 is 1.79 bits per heavy atom. The minimum absolute atomic E-state index is 0.104. The predicted octanol–water partition coefficient (Wildman–Crippen LogP) is 3.11. The molecule has 0 aliphatic heterocycles. The first kappa shape index (κ1) is 21.1. The molecule has 0 unspecified atom stereocenters. The number of carbonyl (C=O) groups is 2. The van der Waals surface area contributed by atoms with Crippen molar-refractivity contribution in [3.05, 3.63) is 54.0 Å². The first-order chi connectivity index (χ1) is 13.8. The number of hydrogen-bond acceptors (Lipinski definition) is 6. The molecule has 1 aromatic heterocycles. The molecular formula is C21H25NO6S. The van der Waals surface area contributed by atoms with Crippen LogP contribution in [-0.2, 0) is 25.1 Å². The molecule has 1 N–H and O–H groups in total. The lowest BCUT2D eigenvalue weighted by molar-refractivity contribution is -0.125. The largest absolute Gasteiger partial charge is 0.457 e. The second kappa shape index (κ2) is 9.26. The standard InChI is InChI=1S/C21H25NO6S/c1-15-7-9-17(10-8-15)22-19(23)13-28-21(24)20-16(11-12-27-20)14-29(25,26)18-5-3-2-4-6-18/h2-6,11-12,15,17H,7-10,13-14H2,1H3,(H,22,23). The second-order valence-electron chi connectivity index (χ2n) is 7.45. The minimum Gasteiger partial charge on any atom is -0.457 e. The van der Waals surface area contributed by atoms with Crippen LogP contribution in [-0.4, -0.2) is 32.9 Å². The van der Waals surface area contributed by atoms with E-state index in [1.54, 1.807) is 18.2 Å². The maximum absolute atomic E-state index is 12.5. The van der Waals surface area contributed by atoms with Crippen molar-refractivity contribution in [3.63, 3.8) is 0 Å². The zero-order valence-corrected chi connectivity index (χ0v) is 17.1. The molecular weight excluding hydrogens is 394 g/mol. The van der Waals surface area contributed by atoms with Gasteiger partial charge in [-0.1, -0.05) is 25.1 Å². The van der Waals surface area contributed by atoms with Crippen molar-refractivity contribution in [1.29, 1.82) is 0 Å². The number of rotatable bonds is 7. The van der Waals surface area contributed by atoms with Crippen LogP contribution >= 0.6 is 0 Å². The van der Waals surface area contributed by atoms with E-state index in [-0.39, 0.29) is 28.2 Å². The van der Waals surface area contributed by atoms with Crippen molar-refractivity contribution in [2.45, 2.75) is 49.3 Å². The van der Waals surface area contributed by atoms with E-state index in [1.165, 1.54) is 24.5 Å². The van der Waals surface area contributed by atoms with Crippen LogP contribution in [0.3, 0.4) is 0 Å². The summed E-state index contributed by atoms with van der Waals surface area (Å²) in [6.45, 7) is 1.76. The Morgan fingerprint density at radius 1 is 1.10 bits per heavy atom. The molecule has 1 amide bonds. The van der Waals surface area contributed by atoms with E-state index in [0.29, 0.717) is 5.92 Å². The lowest BCUT2D eigenvalue weighted by atomic mass is 9.87. The van der Waals surface area contributed by atoms with Gasteiger partial charge in [-0.2, -0.15) is 0 Å². The average Bonchev–Trinajstić information content (AvgIpc) is 3.16. The average molecular weight is 419 g/mol. The molecule has 0 bridgehead atoms. The molecule has 156 valence electrons. The van der Waals surface area contributed by atoms with Crippen LogP contribution in [0.4, 0.5) is 0 Å². The molecule has 2 aromatic rings. The third-order valence-corrected chi connectivity index (χ3v) is 6.78. The summed E-state index contributed by atoms with van der Waals surface area (Å²) in [5, 5.41) is 2.87. The van der Waals surface area contributed by atoms with Gasteiger partial charge in [-0.25, -0.2) is 13.2 Å². The molecule has 0 spiro atoms. The van der Waals surface area contributed by atoms with Crippen LogP contribution in [0, 0.1) is 5.92 Å². The Morgan fingerprint density at radius 3 is 2.48 bits per heavy atom. The summed E-state index contributed by atoms with van der Waals surface area (Å²) >= 11 is 0. The summed E-state index contributed by atoms with van der Waals surface area (Å²) in [6, 6.07) is 9.48. The van der Waals surface area contributed by atoms with Crippen molar-refractivity contribution in [2.75, 3.05) is 6.61 Å². The van der Waals surface area contributed by atoms with E-state index in [9.17, 15) is 18.0 Å². The molecule has 7 nitrogen and oxygen atoms in total. The zero-order valence-electron chi connectivity index (χ0n) is 16.3. The van der Waals surface area contributed by atoms with Gasteiger partial charge in [0.25, 0.3) is 5.91 Å². The maximum atomic E-state index is 12.5. The Kier molecular flexibility index (Phi) is 6.74. The first-order valence-corrected chi connectivity index (χ1v) is 11.3. The number of benzene rings is 1. The predicted molar refractivity (Wildman–Crippen MR) is 106 cm³/mol. The van der Waals surface area contributed by atoms with Gasteiger partial charge >= 0.3 is 5.97 Å². The van der Waals surface area contributed by atoms with Crippen LogP contribution in [0.1, 0.15) is 48.7 Å². The summed E-state index contributed by atoms with van der Waals surface area (Å²) in [5.74, 6) is -1.16. The van der Waals surface area contributed by atoms with Gasteiger partial charge < -0.3 is 14.5 Å². The summed E-state index contributed by atoms with van der Waals surface area (Å²) in [5.41, 5.74) is 0.195. The first-order valence-electron chi connectivity index (χ1n) is 9.66. The van der Waals surface area contributed by atoms with Crippen LogP contribution in [0.2, 0.25) is 0 Å². The number of amides is 1. The number of ether oxygens (including phenoxy) is 1. The molecule has 1 aromatic carbocycles. The van der Waals surface area contributed by atoms with Gasteiger partial charge in [0, 0.05) is 11.6 Å². The van der Waals surface area contributed by atoms with E-state index in [2.05, 4.69) is 12.2 Å². The monoisotopic (exact) mass is 419 g/mol. The van der Waals surface area contributed by atoms with Crippen molar-refractivity contribution < 1.29 is 27.2 Å².